The van der Waals surface area contributed by atoms with E-state index >= 15 is 0 Å². The first-order valence-corrected chi connectivity index (χ1v) is 6.00. The molecular formula is C11H9Cl2N3O. The van der Waals surface area contributed by atoms with E-state index in [0.29, 0.717) is 28.8 Å². The Morgan fingerprint density at radius 3 is 2.88 bits per heavy atom. The van der Waals surface area contributed by atoms with Crippen LogP contribution in [0.5, 0.6) is 0 Å². The van der Waals surface area contributed by atoms with Crippen molar-refractivity contribution in [3.63, 3.8) is 0 Å². The minimum Gasteiger partial charge on any atom is -0.350 e. The Labute approximate surface area is 108 Å². The fourth-order valence-corrected chi connectivity index (χ4v) is 2.35. The third-order valence-electron chi connectivity index (χ3n) is 2.95. The fraction of sp³-hybridized carbons (Fsp3) is 0.273. The number of carbonyl (C=O) groups excluding carboxylic acids is 1. The van der Waals surface area contributed by atoms with E-state index in [1.807, 2.05) is 6.07 Å². The number of fused-ring (bicyclic) bond motifs is 1. The summed E-state index contributed by atoms with van der Waals surface area (Å²) in [5.74, 6) is 0.106. The van der Waals surface area contributed by atoms with E-state index < -0.39 is 0 Å². The molecule has 1 unspecified atom stereocenters. The van der Waals surface area contributed by atoms with Crippen LogP contribution in [0.4, 0.5) is 5.69 Å². The van der Waals surface area contributed by atoms with Crippen molar-refractivity contribution in [3.05, 3.63) is 28.2 Å². The molecule has 6 heteroatoms. The van der Waals surface area contributed by atoms with Gasteiger partial charge in [-0.05, 0) is 18.2 Å². The predicted molar refractivity (Wildman–Crippen MR) is 67.7 cm³/mol. The van der Waals surface area contributed by atoms with E-state index in [9.17, 15) is 4.79 Å². The maximum absolute atomic E-state index is 11.4. The van der Waals surface area contributed by atoms with E-state index in [2.05, 4.69) is 10.4 Å². The maximum Gasteiger partial charge on any atom is 0.267 e. The van der Waals surface area contributed by atoms with Gasteiger partial charge in [0.05, 0.1) is 22.3 Å². The number of carbonyl (C=O) groups is 1. The maximum atomic E-state index is 11.4. The van der Waals surface area contributed by atoms with Gasteiger partial charge in [0.1, 0.15) is 5.71 Å². The van der Waals surface area contributed by atoms with Crippen LogP contribution in [-0.2, 0) is 4.79 Å². The van der Waals surface area contributed by atoms with Crippen LogP contribution in [0, 0.1) is 5.92 Å². The zero-order valence-electron chi connectivity index (χ0n) is 8.78. The highest BCUT2D eigenvalue weighted by Gasteiger charge is 2.37. The van der Waals surface area contributed by atoms with Gasteiger partial charge in [-0.15, -0.1) is 0 Å². The largest absolute Gasteiger partial charge is 0.350 e. The molecule has 1 saturated heterocycles. The number of rotatable bonds is 1. The van der Waals surface area contributed by atoms with Gasteiger partial charge in [0.15, 0.2) is 0 Å². The molecule has 1 aromatic rings. The highest BCUT2D eigenvalue weighted by molar-refractivity contribution is 6.43. The quantitative estimate of drug-likeness (QED) is 0.847. The highest BCUT2D eigenvalue weighted by Crippen LogP contribution is 2.30. The summed E-state index contributed by atoms with van der Waals surface area (Å²) in [5.41, 5.74) is 1.46. The van der Waals surface area contributed by atoms with E-state index in [1.54, 1.807) is 17.1 Å². The first-order valence-electron chi connectivity index (χ1n) is 5.24. The van der Waals surface area contributed by atoms with Crippen LogP contribution in [0.25, 0.3) is 0 Å². The summed E-state index contributed by atoms with van der Waals surface area (Å²) >= 11 is 11.8. The molecule has 1 N–H and O–H groups in total. The molecule has 0 bridgehead atoms. The molecular weight excluding hydrogens is 261 g/mol. The molecule has 0 saturated carbocycles. The summed E-state index contributed by atoms with van der Waals surface area (Å²) in [7, 11) is 0. The van der Waals surface area contributed by atoms with Gasteiger partial charge in [-0.3, -0.25) is 9.80 Å². The number of halogens is 2. The van der Waals surface area contributed by atoms with Crippen LogP contribution in [0.2, 0.25) is 10.0 Å². The Bertz CT molecular complexity index is 529. The third-order valence-corrected chi connectivity index (χ3v) is 3.69. The van der Waals surface area contributed by atoms with Gasteiger partial charge in [0.25, 0.3) is 5.91 Å². The Balaban J connectivity index is 1.92. The summed E-state index contributed by atoms with van der Waals surface area (Å²) < 4.78 is 0. The first-order chi connectivity index (χ1) is 8.15. The van der Waals surface area contributed by atoms with Crippen molar-refractivity contribution in [3.8, 4) is 0 Å². The van der Waals surface area contributed by atoms with Gasteiger partial charge in [-0.25, -0.2) is 0 Å². The second kappa shape index (κ2) is 3.89. The van der Waals surface area contributed by atoms with Crippen molar-refractivity contribution in [2.45, 2.75) is 0 Å². The molecule has 3 rings (SSSR count). The molecule has 0 spiro atoms. The number of anilines is 1. The molecule has 17 heavy (non-hydrogen) atoms. The molecule has 1 amide bonds. The standard InChI is InChI=1S/C11H9Cl2N3O/c12-8-2-1-7(3-9(8)13)16-5-6-4-14-11(17)10(6)15-16/h1-3,6H,4-5H2,(H,14,17). The molecule has 2 aliphatic heterocycles. The number of nitrogens with one attached hydrogen (secondary N) is 1. The van der Waals surface area contributed by atoms with E-state index in [0.717, 1.165) is 5.69 Å². The first kappa shape index (κ1) is 10.9. The highest BCUT2D eigenvalue weighted by atomic mass is 35.5. The number of nitrogens with zero attached hydrogens (tertiary/aromatic N) is 2. The summed E-state index contributed by atoms with van der Waals surface area (Å²) in [6.45, 7) is 1.36. The molecule has 1 aromatic carbocycles. The molecule has 2 heterocycles. The second-order valence-corrected chi connectivity index (χ2v) is 4.89. The smallest absolute Gasteiger partial charge is 0.267 e. The number of amides is 1. The SMILES string of the molecule is O=C1NCC2CN(c3ccc(Cl)c(Cl)c3)N=C12. The lowest BCUT2D eigenvalue weighted by atomic mass is 10.1. The lowest BCUT2D eigenvalue weighted by molar-refractivity contribution is -0.113. The summed E-state index contributed by atoms with van der Waals surface area (Å²) in [5, 5.41) is 9.88. The van der Waals surface area contributed by atoms with Crippen molar-refractivity contribution >= 4 is 40.5 Å². The van der Waals surface area contributed by atoms with Gasteiger partial charge in [-0.1, -0.05) is 23.2 Å². The summed E-state index contributed by atoms with van der Waals surface area (Å²) in [4.78, 5) is 11.4. The molecule has 88 valence electrons. The van der Waals surface area contributed by atoms with Crippen molar-refractivity contribution in [1.82, 2.24) is 5.32 Å². The van der Waals surface area contributed by atoms with Crippen LogP contribution < -0.4 is 10.3 Å². The average Bonchev–Trinajstić information content (AvgIpc) is 2.86. The van der Waals surface area contributed by atoms with Gasteiger partial charge in [0, 0.05) is 12.5 Å². The van der Waals surface area contributed by atoms with Gasteiger partial charge >= 0.3 is 0 Å². The van der Waals surface area contributed by atoms with Gasteiger partial charge in [0.2, 0.25) is 0 Å². The van der Waals surface area contributed by atoms with Crippen LogP contribution in [0.15, 0.2) is 23.3 Å². The van der Waals surface area contributed by atoms with E-state index in [-0.39, 0.29) is 11.8 Å². The molecule has 4 nitrogen and oxygen atoms in total. The van der Waals surface area contributed by atoms with Crippen molar-refractivity contribution in [2.24, 2.45) is 11.0 Å². The summed E-state index contributed by atoms with van der Waals surface area (Å²) in [6, 6.07) is 5.33. The molecule has 1 fully saturated rings. The average molecular weight is 270 g/mol. The molecule has 0 aromatic heterocycles. The summed E-state index contributed by atoms with van der Waals surface area (Å²) in [6.07, 6.45) is 0. The van der Waals surface area contributed by atoms with E-state index in [4.69, 9.17) is 23.2 Å². The molecule has 0 radical (unpaired) electrons. The number of hydrazone groups is 1. The van der Waals surface area contributed by atoms with Gasteiger partial charge < -0.3 is 5.32 Å². The van der Waals surface area contributed by atoms with Gasteiger partial charge in [-0.2, -0.15) is 5.10 Å². The number of hydrogen-bond donors (Lipinski definition) is 1. The monoisotopic (exact) mass is 269 g/mol. The molecule has 1 atom stereocenters. The Morgan fingerprint density at radius 1 is 1.35 bits per heavy atom. The topological polar surface area (TPSA) is 44.7 Å². The second-order valence-electron chi connectivity index (χ2n) is 4.07. The van der Waals surface area contributed by atoms with Crippen LogP contribution in [0.3, 0.4) is 0 Å². The third kappa shape index (κ3) is 1.77. The zero-order valence-corrected chi connectivity index (χ0v) is 10.3. The van der Waals surface area contributed by atoms with Crippen LogP contribution >= 0.6 is 23.2 Å². The molecule has 2 aliphatic rings. The zero-order chi connectivity index (χ0) is 12.0. The Kier molecular flexibility index (Phi) is 2.49. The fourth-order valence-electron chi connectivity index (χ4n) is 2.05. The van der Waals surface area contributed by atoms with Crippen LogP contribution in [-0.4, -0.2) is 24.7 Å². The van der Waals surface area contributed by atoms with Crippen molar-refractivity contribution in [2.75, 3.05) is 18.1 Å². The minimum atomic E-state index is -0.0717. The minimum absolute atomic E-state index is 0.0717. The lowest BCUT2D eigenvalue weighted by Crippen LogP contribution is -2.22. The lowest BCUT2D eigenvalue weighted by Gasteiger charge is -2.15. The Morgan fingerprint density at radius 2 is 2.18 bits per heavy atom. The van der Waals surface area contributed by atoms with Crippen molar-refractivity contribution < 1.29 is 4.79 Å². The number of benzene rings is 1. The van der Waals surface area contributed by atoms with Crippen molar-refractivity contribution in [1.29, 1.82) is 0 Å². The normalized spacial score (nSPS) is 22.5. The Hall–Kier alpha value is -1.26. The number of hydrogen-bond acceptors (Lipinski definition) is 3. The predicted octanol–water partition coefficient (Wildman–Crippen LogP) is 1.92. The van der Waals surface area contributed by atoms with E-state index in [1.165, 1.54) is 0 Å². The van der Waals surface area contributed by atoms with Crippen LogP contribution in [0.1, 0.15) is 0 Å². The molecule has 0 aliphatic carbocycles.